The number of carboxylic acids is 1. The minimum absolute atomic E-state index is 0.252. The molecule has 4 nitrogen and oxygen atoms in total. The van der Waals surface area contributed by atoms with E-state index >= 15 is 0 Å². The lowest BCUT2D eigenvalue weighted by Gasteiger charge is -2.06. The third-order valence-corrected chi connectivity index (χ3v) is 3.24. The Morgan fingerprint density at radius 3 is 2.71 bits per heavy atom. The average Bonchev–Trinajstić information content (AvgIpc) is 2.32. The molecule has 1 aromatic heterocycles. The Morgan fingerprint density at radius 1 is 1.24 bits per heavy atom. The number of pyridine rings is 1. The van der Waals surface area contributed by atoms with Crippen LogP contribution < -0.4 is 5.73 Å². The van der Waals surface area contributed by atoms with E-state index in [9.17, 15) is 4.79 Å². The molecule has 0 atom stereocenters. The van der Waals surface area contributed by atoms with Crippen LogP contribution in [0.5, 0.6) is 0 Å². The molecule has 0 spiro atoms. The first-order chi connectivity index (χ1) is 8.18. The largest absolute Gasteiger partial charge is 0.478 e. The summed E-state index contributed by atoms with van der Waals surface area (Å²) in [6, 6.07) is 10.2. The van der Waals surface area contributed by atoms with E-state index in [1.807, 2.05) is 0 Å². The van der Waals surface area contributed by atoms with Crippen LogP contribution in [0.25, 0.3) is 0 Å². The summed E-state index contributed by atoms with van der Waals surface area (Å²) in [5, 5.41) is 9.66. The maximum absolute atomic E-state index is 11.0. The molecule has 1 heterocycles. The number of aromatic carboxylic acids is 1. The van der Waals surface area contributed by atoms with Crippen LogP contribution in [0, 0.1) is 0 Å². The van der Waals surface area contributed by atoms with Crippen molar-refractivity contribution in [2.24, 2.45) is 0 Å². The summed E-state index contributed by atoms with van der Waals surface area (Å²) < 4.78 is 0. The molecule has 3 N–H and O–H groups in total. The van der Waals surface area contributed by atoms with Crippen molar-refractivity contribution in [1.29, 1.82) is 0 Å². The van der Waals surface area contributed by atoms with Crippen LogP contribution in [0.4, 0.5) is 5.69 Å². The number of carboxylic acid groups (broad SMARTS) is 1. The molecule has 0 saturated carbocycles. The van der Waals surface area contributed by atoms with Gasteiger partial charge < -0.3 is 10.8 Å². The lowest BCUT2D eigenvalue weighted by molar-refractivity contribution is 0.0693. The molecule has 0 radical (unpaired) electrons. The summed E-state index contributed by atoms with van der Waals surface area (Å²) in [7, 11) is 0. The van der Waals surface area contributed by atoms with Gasteiger partial charge in [0.25, 0.3) is 0 Å². The molecule has 0 unspecified atom stereocenters. The normalized spacial score (nSPS) is 10.1. The number of hydrogen-bond donors (Lipinski definition) is 2. The highest BCUT2D eigenvalue weighted by Gasteiger charge is 2.11. The summed E-state index contributed by atoms with van der Waals surface area (Å²) in [5.41, 5.74) is 6.56. The molecular formula is C12H10N2O2S. The summed E-state index contributed by atoms with van der Waals surface area (Å²) in [6.45, 7) is 0. The third kappa shape index (κ3) is 2.57. The lowest BCUT2D eigenvalue weighted by Crippen LogP contribution is -1.99. The first-order valence-electron chi connectivity index (χ1n) is 4.89. The Labute approximate surface area is 102 Å². The van der Waals surface area contributed by atoms with Gasteiger partial charge in [-0.1, -0.05) is 23.9 Å². The highest BCUT2D eigenvalue weighted by molar-refractivity contribution is 7.99. The Balaban J connectivity index is 2.37. The zero-order chi connectivity index (χ0) is 12.3. The van der Waals surface area contributed by atoms with Crippen molar-refractivity contribution in [1.82, 2.24) is 4.98 Å². The van der Waals surface area contributed by atoms with E-state index in [0.29, 0.717) is 15.6 Å². The van der Waals surface area contributed by atoms with Gasteiger partial charge in [-0.3, -0.25) is 0 Å². The average molecular weight is 246 g/mol. The quantitative estimate of drug-likeness (QED) is 0.870. The molecule has 2 aromatic rings. The number of carbonyl (C=O) groups is 1. The number of benzene rings is 1. The Hall–Kier alpha value is -2.01. The van der Waals surface area contributed by atoms with Crippen LogP contribution in [-0.4, -0.2) is 16.1 Å². The first-order valence-corrected chi connectivity index (χ1v) is 5.71. The second kappa shape index (κ2) is 4.88. The number of rotatable bonds is 3. The van der Waals surface area contributed by atoms with E-state index in [2.05, 4.69) is 4.98 Å². The number of aromatic nitrogens is 1. The fraction of sp³-hybridized carbons (Fsp3) is 0. The SMILES string of the molecule is Nc1cccnc1Sc1ccccc1C(=O)O. The van der Waals surface area contributed by atoms with E-state index in [1.165, 1.54) is 11.8 Å². The third-order valence-electron chi connectivity index (χ3n) is 2.12. The minimum Gasteiger partial charge on any atom is -0.478 e. The number of nitrogen functional groups attached to an aromatic ring is 1. The van der Waals surface area contributed by atoms with Gasteiger partial charge in [0, 0.05) is 11.1 Å². The summed E-state index contributed by atoms with van der Waals surface area (Å²) in [6.07, 6.45) is 1.63. The van der Waals surface area contributed by atoms with Gasteiger partial charge in [0.05, 0.1) is 11.3 Å². The highest BCUT2D eigenvalue weighted by atomic mass is 32.2. The van der Waals surface area contributed by atoms with E-state index in [-0.39, 0.29) is 5.56 Å². The molecule has 0 bridgehead atoms. The fourth-order valence-electron chi connectivity index (χ4n) is 1.33. The van der Waals surface area contributed by atoms with Gasteiger partial charge in [-0.25, -0.2) is 9.78 Å². The molecule has 0 aliphatic carbocycles. The van der Waals surface area contributed by atoms with Crippen molar-refractivity contribution >= 4 is 23.4 Å². The van der Waals surface area contributed by atoms with Crippen LogP contribution in [-0.2, 0) is 0 Å². The number of hydrogen-bond acceptors (Lipinski definition) is 4. The van der Waals surface area contributed by atoms with Crippen molar-refractivity contribution in [3.8, 4) is 0 Å². The van der Waals surface area contributed by atoms with Crippen molar-refractivity contribution in [2.45, 2.75) is 9.92 Å². The molecule has 5 heteroatoms. The number of nitrogens with zero attached hydrogens (tertiary/aromatic N) is 1. The molecule has 0 amide bonds. The summed E-state index contributed by atoms with van der Waals surface area (Å²) >= 11 is 1.25. The van der Waals surface area contributed by atoms with Gasteiger partial charge in [0.1, 0.15) is 5.03 Å². The molecule has 2 rings (SSSR count). The topological polar surface area (TPSA) is 76.2 Å². The molecule has 0 aliphatic rings. The van der Waals surface area contributed by atoms with Crippen molar-refractivity contribution in [3.63, 3.8) is 0 Å². The number of nitrogens with two attached hydrogens (primary N) is 1. The molecule has 17 heavy (non-hydrogen) atoms. The van der Waals surface area contributed by atoms with Crippen molar-refractivity contribution in [2.75, 3.05) is 5.73 Å². The second-order valence-corrected chi connectivity index (χ2v) is 4.33. The molecule has 0 aliphatic heterocycles. The van der Waals surface area contributed by atoms with Crippen LogP contribution in [0.1, 0.15) is 10.4 Å². The maximum Gasteiger partial charge on any atom is 0.336 e. The van der Waals surface area contributed by atoms with Crippen LogP contribution in [0.15, 0.2) is 52.5 Å². The minimum atomic E-state index is -0.956. The standard InChI is InChI=1S/C12H10N2O2S/c13-9-5-3-7-14-11(9)17-10-6-2-1-4-8(10)12(15)16/h1-7H,13H2,(H,15,16). The van der Waals surface area contributed by atoms with E-state index in [4.69, 9.17) is 10.8 Å². The Kier molecular flexibility index (Phi) is 3.30. The lowest BCUT2D eigenvalue weighted by atomic mass is 10.2. The van der Waals surface area contributed by atoms with Gasteiger partial charge >= 0.3 is 5.97 Å². The van der Waals surface area contributed by atoms with E-state index in [0.717, 1.165) is 0 Å². The van der Waals surface area contributed by atoms with Gasteiger partial charge in [-0.2, -0.15) is 0 Å². The summed E-state index contributed by atoms with van der Waals surface area (Å²) in [4.78, 5) is 15.8. The van der Waals surface area contributed by atoms with Gasteiger partial charge in [-0.15, -0.1) is 0 Å². The fourth-order valence-corrected chi connectivity index (χ4v) is 2.24. The maximum atomic E-state index is 11.0. The summed E-state index contributed by atoms with van der Waals surface area (Å²) in [5.74, 6) is -0.956. The highest BCUT2D eigenvalue weighted by Crippen LogP contribution is 2.32. The number of anilines is 1. The van der Waals surface area contributed by atoms with Crippen molar-refractivity contribution < 1.29 is 9.90 Å². The van der Waals surface area contributed by atoms with Gasteiger partial charge in [-0.05, 0) is 24.3 Å². The van der Waals surface area contributed by atoms with Gasteiger partial charge in [0.2, 0.25) is 0 Å². The molecule has 1 aromatic carbocycles. The van der Waals surface area contributed by atoms with Gasteiger partial charge in [0.15, 0.2) is 0 Å². The first kappa shape index (κ1) is 11.5. The zero-order valence-corrected chi connectivity index (χ0v) is 9.65. The van der Waals surface area contributed by atoms with Crippen LogP contribution in [0.3, 0.4) is 0 Å². The predicted octanol–water partition coefficient (Wildman–Crippen LogP) is 2.51. The van der Waals surface area contributed by atoms with E-state index < -0.39 is 5.97 Å². The molecular weight excluding hydrogens is 236 g/mol. The van der Waals surface area contributed by atoms with Crippen molar-refractivity contribution in [3.05, 3.63) is 48.2 Å². The zero-order valence-electron chi connectivity index (χ0n) is 8.83. The van der Waals surface area contributed by atoms with Crippen LogP contribution in [0.2, 0.25) is 0 Å². The molecule has 0 saturated heterocycles. The Bertz CT molecular complexity index is 558. The Morgan fingerprint density at radius 2 is 2.00 bits per heavy atom. The molecule has 86 valence electrons. The second-order valence-electron chi connectivity index (χ2n) is 3.30. The van der Waals surface area contributed by atoms with E-state index in [1.54, 1.807) is 42.6 Å². The van der Waals surface area contributed by atoms with Crippen LogP contribution >= 0.6 is 11.8 Å². The predicted molar refractivity (Wildman–Crippen MR) is 66.2 cm³/mol. The monoisotopic (exact) mass is 246 g/mol. The molecule has 0 fully saturated rings. The smallest absolute Gasteiger partial charge is 0.336 e.